The monoisotopic (exact) mass is 218 g/mol. The molecule has 11 heavy (non-hydrogen) atoms. The Morgan fingerprint density at radius 3 is 2.36 bits per heavy atom. The van der Waals surface area contributed by atoms with Gasteiger partial charge < -0.3 is 5.11 Å². The highest BCUT2D eigenvalue weighted by Crippen LogP contribution is 2.21. The maximum Gasteiger partial charge on any atom is 0.128 e. The maximum atomic E-state index is 9.60. The van der Waals surface area contributed by atoms with Crippen LogP contribution in [0.25, 0.3) is 0 Å². The largest absolute Gasteiger partial charge is 0.384 e. The van der Waals surface area contributed by atoms with E-state index in [4.69, 9.17) is 0 Å². The molecule has 1 heterocycles. The van der Waals surface area contributed by atoms with Crippen LogP contribution in [0, 0.1) is 0 Å². The highest BCUT2D eigenvalue weighted by Gasteiger charge is 2.20. The first kappa shape index (κ1) is 8.74. The van der Waals surface area contributed by atoms with Crippen LogP contribution < -0.4 is 0 Å². The summed E-state index contributed by atoms with van der Waals surface area (Å²) in [4.78, 5) is 0. The minimum absolute atomic E-state index is 0.747. The Bertz CT molecular complexity index is 262. The number of hydrogen-bond donors (Lipinski definition) is 1. The topological polar surface area (TPSA) is 38.0 Å². The van der Waals surface area contributed by atoms with E-state index in [1.807, 2.05) is 0 Å². The van der Waals surface area contributed by atoms with Crippen molar-refractivity contribution in [2.24, 2.45) is 7.05 Å². The van der Waals surface area contributed by atoms with Gasteiger partial charge in [0.25, 0.3) is 0 Å². The molecule has 0 aliphatic heterocycles. The third-order valence-corrected chi connectivity index (χ3v) is 1.86. The van der Waals surface area contributed by atoms with Gasteiger partial charge >= 0.3 is 0 Å². The van der Waals surface area contributed by atoms with Gasteiger partial charge in [-0.15, -0.1) is 0 Å². The summed E-state index contributed by atoms with van der Waals surface area (Å²) in [7, 11) is 1.80. The average molecular weight is 219 g/mol. The molecule has 1 rings (SSSR count). The molecule has 3 nitrogen and oxygen atoms in total. The Morgan fingerprint density at radius 2 is 2.18 bits per heavy atom. The van der Waals surface area contributed by atoms with Gasteiger partial charge in [-0.3, -0.25) is 4.68 Å². The van der Waals surface area contributed by atoms with Crippen molar-refractivity contribution >= 4 is 15.9 Å². The molecule has 0 aliphatic rings. The molecule has 1 aromatic heterocycles. The minimum atomic E-state index is -0.826. The molecule has 0 saturated heterocycles. The number of halogens is 1. The van der Waals surface area contributed by atoms with Gasteiger partial charge in [0, 0.05) is 7.05 Å². The van der Waals surface area contributed by atoms with Crippen molar-refractivity contribution in [3.05, 3.63) is 16.4 Å². The zero-order valence-corrected chi connectivity index (χ0v) is 8.38. The molecule has 0 radical (unpaired) electrons. The van der Waals surface area contributed by atoms with Gasteiger partial charge in [0.15, 0.2) is 0 Å². The molecule has 0 amide bonds. The Balaban J connectivity index is 3.13. The second kappa shape index (κ2) is 2.60. The van der Waals surface area contributed by atoms with E-state index in [-0.39, 0.29) is 0 Å². The lowest BCUT2D eigenvalue weighted by molar-refractivity contribution is 0.0696. The summed E-state index contributed by atoms with van der Waals surface area (Å²) >= 11 is 3.23. The van der Waals surface area contributed by atoms with Crippen molar-refractivity contribution in [3.8, 4) is 0 Å². The number of aliphatic hydroxyl groups is 1. The SMILES string of the molecule is Cn1nc(Br)cc1C(C)(C)O. The van der Waals surface area contributed by atoms with Gasteiger partial charge in [-0.2, -0.15) is 5.10 Å². The van der Waals surface area contributed by atoms with E-state index >= 15 is 0 Å². The van der Waals surface area contributed by atoms with Gasteiger partial charge in [-0.1, -0.05) is 0 Å². The van der Waals surface area contributed by atoms with Gasteiger partial charge in [-0.25, -0.2) is 0 Å². The van der Waals surface area contributed by atoms with Crippen LogP contribution in [0.1, 0.15) is 19.5 Å². The predicted octanol–water partition coefficient (Wildman–Crippen LogP) is 1.41. The lowest BCUT2D eigenvalue weighted by Gasteiger charge is -2.16. The van der Waals surface area contributed by atoms with Crippen LogP contribution in [0.4, 0.5) is 0 Å². The van der Waals surface area contributed by atoms with E-state index < -0.39 is 5.60 Å². The quantitative estimate of drug-likeness (QED) is 0.775. The summed E-state index contributed by atoms with van der Waals surface area (Å²) in [5.41, 5.74) is -0.0299. The highest BCUT2D eigenvalue weighted by atomic mass is 79.9. The normalized spacial score (nSPS) is 12.1. The van der Waals surface area contributed by atoms with Crippen LogP contribution in [-0.4, -0.2) is 14.9 Å². The van der Waals surface area contributed by atoms with E-state index in [9.17, 15) is 5.11 Å². The first-order valence-electron chi connectivity index (χ1n) is 3.33. The van der Waals surface area contributed by atoms with Crippen molar-refractivity contribution < 1.29 is 5.11 Å². The second-order valence-electron chi connectivity index (χ2n) is 3.03. The molecule has 62 valence electrons. The molecule has 4 heteroatoms. The van der Waals surface area contributed by atoms with Gasteiger partial charge in [0.05, 0.1) is 5.69 Å². The smallest absolute Gasteiger partial charge is 0.128 e. The number of rotatable bonds is 1. The summed E-state index contributed by atoms with van der Waals surface area (Å²) in [5, 5.41) is 13.7. The summed E-state index contributed by atoms with van der Waals surface area (Å²) in [5.74, 6) is 0. The van der Waals surface area contributed by atoms with Crippen LogP contribution in [0.15, 0.2) is 10.7 Å². The molecule has 0 unspecified atom stereocenters. The van der Waals surface area contributed by atoms with Crippen LogP contribution in [0.3, 0.4) is 0 Å². The van der Waals surface area contributed by atoms with Crippen LogP contribution in [0.2, 0.25) is 0 Å². The molecular weight excluding hydrogens is 208 g/mol. The van der Waals surface area contributed by atoms with E-state index in [0.29, 0.717) is 0 Å². The highest BCUT2D eigenvalue weighted by molar-refractivity contribution is 9.10. The fourth-order valence-corrected chi connectivity index (χ4v) is 1.46. The van der Waals surface area contributed by atoms with Crippen molar-refractivity contribution in [1.29, 1.82) is 0 Å². The molecule has 1 N–H and O–H groups in total. The standard InChI is InChI=1S/C7H11BrN2O/c1-7(2,11)5-4-6(8)9-10(5)3/h4,11H,1-3H3. The summed E-state index contributed by atoms with van der Waals surface area (Å²) in [6.45, 7) is 3.47. The molecule has 0 aliphatic carbocycles. The predicted molar refractivity (Wildman–Crippen MR) is 46.2 cm³/mol. The van der Waals surface area contributed by atoms with E-state index in [1.165, 1.54) is 0 Å². The zero-order chi connectivity index (χ0) is 8.65. The Hall–Kier alpha value is -0.350. The average Bonchev–Trinajstić information content (AvgIpc) is 2.08. The number of aryl methyl sites for hydroxylation is 1. The molecule has 1 aromatic rings. The lowest BCUT2D eigenvalue weighted by atomic mass is 10.1. The van der Waals surface area contributed by atoms with Crippen molar-refractivity contribution in [2.45, 2.75) is 19.4 Å². The molecule has 0 saturated carbocycles. The lowest BCUT2D eigenvalue weighted by Crippen LogP contribution is -2.19. The molecule has 0 bridgehead atoms. The minimum Gasteiger partial charge on any atom is -0.384 e. The molecule has 0 fully saturated rings. The summed E-state index contributed by atoms with van der Waals surface area (Å²) in [6, 6.07) is 1.81. The Labute approximate surface area is 74.2 Å². The van der Waals surface area contributed by atoms with Crippen molar-refractivity contribution in [2.75, 3.05) is 0 Å². The van der Waals surface area contributed by atoms with Gasteiger partial charge in [-0.05, 0) is 35.8 Å². The first-order chi connectivity index (χ1) is 4.91. The van der Waals surface area contributed by atoms with Crippen molar-refractivity contribution in [1.82, 2.24) is 9.78 Å². The third-order valence-electron chi connectivity index (χ3n) is 1.48. The number of hydrogen-bond acceptors (Lipinski definition) is 2. The fourth-order valence-electron chi connectivity index (χ4n) is 1.00. The van der Waals surface area contributed by atoms with Crippen LogP contribution in [0.5, 0.6) is 0 Å². The summed E-state index contributed by atoms with van der Waals surface area (Å²) in [6.07, 6.45) is 0. The Kier molecular flexibility index (Phi) is 2.07. The third kappa shape index (κ3) is 1.81. The van der Waals surface area contributed by atoms with E-state index in [0.717, 1.165) is 10.3 Å². The molecule has 0 aromatic carbocycles. The van der Waals surface area contributed by atoms with Crippen molar-refractivity contribution in [3.63, 3.8) is 0 Å². The van der Waals surface area contributed by atoms with Crippen LogP contribution in [-0.2, 0) is 12.6 Å². The summed E-state index contributed by atoms with van der Waals surface area (Å²) < 4.78 is 2.40. The number of aromatic nitrogens is 2. The van der Waals surface area contributed by atoms with Crippen LogP contribution >= 0.6 is 15.9 Å². The fraction of sp³-hybridized carbons (Fsp3) is 0.571. The Morgan fingerprint density at radius 1 is 1.64 bits per heavy atom. The zero-order valence-electron chi connectivity index (χ0n) is 6.80. The van der Waals surface area contributed by atoms with E-state index in [2.05, 4.69) is 21.0 Å². The van der Waals surface area contributed by atoms with Gasteiger partial charge in [0.1, 0.15) is 10.2 Å². The molecular formula is C7H11BrN2O. The maximum absolute atomic E-state index is 9.60. The second-order valence-corrected chi connectivity index (χ2v) is 3.85. The number of nitrogens with zero attached hydrogens (tertiary/aromatic N) is 2. The van der Waals surface area contributed by atoms with Gasteiger partial charge in [0.2, 0.25) is 0 Å². The van der Waals surface area contributed by atoms with E-state index in [1.54, 1.807) is 31.6 Å². The molecule has 0 spiro atoms. The first-order valence-corrected chi connectivity index (χ1v) is 4.13. The molecule has 0 atom stereocenters.